The number of hydrogen-bond donors (Lipinski definition) is 0. The number of fused-ring (bicyclic) bond motifs is 1. The van der Waals surface area contributed by atoms with Gasteiger partial charge in [-0.1, -0.05) is 12.8 Å². The molecule has 1 saturated carbocycles. The predicted octanol–water partition coefficient (Wildman–Crippen LogP) is 3.00. The number of carbonyl (C=O) groups excluding carboxylic acids is 1. The second-order valence-electron chi connectivity index (χ2n) is 6.82. The summed E-state index contributed by atoms with van der Waals surface area (Å²) in [6, 6.07) is 3.99. The quantitative estimate of drug-likeness (QED) is 0.855. The molecule has 0 N–H and O–H groups in total. The maximum absolute atomic E-state index is 13.2. The van der Waals surface area contributed by atoms with Crippen molar-refractivity contribution in [2.75, 3.05) is 6.54 Å². The van der Waals surface area contributed by atoms with Crippen LogP contribution in [0.4, 0.5) is 0 Å². The second-order valence-corrected chi connectivity index (χ2v) is 6.82. The highest BCUT2D eigenvalue weighted by Gasteiger charge is 2.38. The third kappa shape index (κ3) is 2.48. The average molecular weight is 312 g/mol. The monoisotopic (exact) mass is 312 g/mol. The summed E-state index contributed by atoms with van der Waals surface area (Å²) in [4.78, 5) is 19.9. The van der Waals surface area contributed by atoms with Crippen molar-refractivity contribution >= 4 is 5.91 Å². The Morgan fingerprint density at radius 1 is 1.17 bits per heavy atom. The molecule has 1 atom stereocenters. The molecule has 2 aromatic heterocycles. The van der Waals surface area contributed by atoms with Crippen LogP contribution in [0.1, 0.15) is 54.5 Å². The fourth-order valence-corrected chi connectivity index (χ4v) is 4.26. The van der Waals surface area contributed by atoms with E-state index in [0.29, 0.717) is 5.92 Å². The maximum atomic E-state index is 13.2. The molecule has 5 nitrogen and oxygen atoms in total. The average Bonchev–Trinajstić information content (AvgIpc) is 3.28. The van der Waals surface area contributed by atoms with Crippen LogP contribution in [-0.4, -0.2) is 31.5 Å². The first-order valence-electron chi connectivity index (χ1n) is 8.69. The van der Waals surface area contributed by atoms with Gasteiger partial charge in [0.2, 0.25) is 0 Å². The first-order chi connectivity index (χ1) is 11.3. The lowest BCUT2D eigenvalue weighted by Gasteiger charge is -2.33. The smallest absolute Gasteiger partial charge is 0.271 e. The lowest BCUT2D eigenvalue weighted by Crippen LogP contribution is -2.39. The fraction of sp³-hybridized carbons (Fsp3) is 0.556. The maximum Gasteiger partial charge on any atom is 0.271 e. The Labute approximate surface area is 136 Å². The van der Waals surface area contributed by atoms with Gasteiger partial charge in [-0.3, -0.25) is 4.79 Å². The van der Waals surface area contributed by atoms with Gasteiger partial charge in [0.05, 0.1) is 6.04 Å². The van der Waals surface area contributed by atoms with Crippen molar-refractivity contribution < 1.29 is 4.79 Å². The molecule has 1 unspecified atom stereocenters. The zero-order valence-electron chi connectivity index (χ0n) is 13.7. The SMILES string of the molecule is Cn1cccc1C(=O)N1CCCn2ccnc2C1C1CCCC1. The molecule has 1 fully saturated rings. The van der Waals surface area contributed by atoms with Crippen LogP contribution < -0.4 is 0 Å². The van der Waals surface area contributed by atoms with E-state index in [9.17, 15) is 4.79 Å². The van der Waals surface area contributed by atoms with Crippen LogP contribution in [0, 0.1) is 5.92 Å². The zero-order chi connectivity index (χ0) is 15.8. The summed E-state index contributed by atoms with van der Waals surface area (Å²) in [6.07, 6.45) is 11.8. The van der Waals surface area contributed by atoms with Gasteiger partial charge in [-0.15, -0.1) is 0 Å². The van der Waals surface area contributed by atoms with E-state index in [4.69, 9.17) is 0 Å². The Bertz CT molecular complexity index is 695. The van der Waals surface area contributed by atoms with Crippen molar-refractivity contribution in [3.63, 3.8) is 0 Å². The molecule has 0 aromatic carbocycles. The molecule has 1 aliphatic heterocycles. The van der Waals surface area contributed by atoms with Crippen molar-refractivity contribution in [1.29, 1.82) is 0 Å². The molecule has 1 aliphatic carbocycles. The first-order valence-corrected chi connectivity index (χ1v) is 8.69. The first kappa shape index (κ1) is 14.5. The number of aromatic nitrogens is 3. The Morgan fingerprint density at radius 2 is 2.00 bits per heavy atom. The van der Waals surface area contributed by atoms with E-state index >= 15 is 0 Å². The molecule has 0 bridgehead atoms. The highest BCUT2D eigenvalue weighted by molar-refractivity contribution is 5.93. The van der Waals surface area contributed by atoms with Crippen LogP contribution in [-0.2, 0) is 13.6 Å². The van der Waals surface area contributed by atoms with Crippen LogP contribution in [0.5, 0.6) is 0 Å². The van der Waals surface area contributed by atoms with E-state index in [1.54, 1.807) is 0 Å². The van der Waals surface area contributed by atoms with Crippen molar-refractivity contribution in [3.05, 3.63) is 42.2 Å². The van der Waals surface area contributed by atoms with Gasteiger partial charge in [0.25, 0.3) is 5.91 Å². The Hall–Kier alpha value is -2.04. The van der Waals surface area contributed by atoms with Crippen LogP contribution in [0.2, 0.25) is 0 Å². The summed E-state index contributed by atoms with van der Waals surface area (Å²) in [5.41, 5.74) is 0.771. The minimum atomic E-state index is 0.123. The molecule has 5 heteroatoms. The molecule has 2 aromatic rings. The van der Waals surface area contributed by atoms with E-state index in [1.165, 1.54) is 25.7 Å². The molecule has 2 aliphatic rings. The summed E-state index contributed by atoms with van der Waals surface area (Å²) in [5, 5.41) is 0. The van der Waals surface area contributed by atoms with Gasteiger partial charge in [-0.2, -0.15) is 0 Å². The molecular weight excluding hydrogens is 288 g/mol. The second kappa shape index (κ2) is 5.87. The van der Waals surface area contributed by atoms with Gasteiger partial charge in [0, 0.05) is 38.7 Å². The third-order valence-corrected chi connectivity index (χ3v) is 5.42. The van der Waals surface area contributed by atoms with Crippen LogP contribution in [0.15, 0.2) is 30.7 Å². The summed E-state index contributed by atoms with van der Waals surface area (Å²) >= 11 is 0. The molecule has 0 saturated heterocycles. The van der Waals surface area contributed by atoms with E-state index < -0.39 is 0 Å². The number of carbonyl (C=O) groups is 1. The predicted molar refractivity (Wildman–Crippen MR) is 88.0 cm³/mol. The summed E-state index contributed by atoms with van der Waals surface area (Å²) in [6.45, 7) is 1.77. The van der Waals surface area contributed by atoms with Crippen LogP contribution >= 0.6 is 0 Å². The molecular formula is C18H24N4O. The van der Waals surface area contributed by atoms with Crippen LogP contribution in [0.25, 0.3) is 0 Å². The molecule has 0 spiro atoms. The molecule has 0 radical (unpaired) electrons. The van der Waals surface area contributed by atoms with E-state index in [-0.39, 0.29) is 11.9 Å². The third-order valence-electron chi connectivity index (χ3n) is 5.42. The number of hydrogen-bond acceptors (Lipinski definition) is 2. The molecule has 23 heavy (non-hydrogen) atoms. The Morgan fingerprint density at radius 3 is 2.74 bits per heavy atom. The summed E-state index contributed by atoms with van der Waals surface area (Å²) < 4.78 is 4.17. The zero-order valence-corrected chi connectivity index (χ0v) is 13.7. The van der Waals surface area contributed by atoms with Crippen molar-refractivity contribution in [1.82, 2.24) is 19.0 Å². The van der Waals surface area contributed by atoms with Crippen molar-refractivity contribution in [2.24, 2.45) is 13.0 Å². The van der Waals surface area contributed by atoms with E-state index in [0.717, 1.165) is 31.0 Å². The number of rotatable bonds is 2. The van der Waals surface area contributed by atoms with E-state index in [1.807, 2.05) is 36.1 Å². The van der Waals surface area contributed by atoms with E-state index in [2.05, 4.69) is 20.6 Å². The van der Waals surface area contributed by atoms with Gasteiger partial charge in [-0.05, 0) is 37.3 Å². The largest absolute Gasteiger partial charge is 0.347 e. The number of amides is 1. The highest BCUT2D eigenvalue weighted by atomic mass is 16.2. The molecule has 3 heterocycles. The fourth-order valence-electron chi connectivity index (χ4n) is 4.26. The standard InChI is InChI=1S/C18H24N4O/c1-20-10-4-8-15(20)18(23)22-12-5-11-21-13-9-19-17(21)16(22)14-6-2-3-7-14/h4,8-10,13-14,16H,2-3,5-7,11-12H2,1H3. The lowest BCUT2D eigenvalue weighted by atomic mass is 9.95. The summed E-state index contributed by atoms with van der Waals surface area (Å²) in [7, 11) is 1.94. The topological polar surface area (TPSA) is 43.1 Å². The Balaban J connectivity index is 1.74. The highest BCUT2D eigenvalue weighted by Crippen LogP contribution is 2.40. The van der Waals surface area contributed by atoms with Crippen LogP contribution in [0.3, 0.4) is 0 Å². The van der Waals surface area contributed by atoms with Crippen molar-refractivity contribution in [2.45, 2.75) is 44.7 Å². The van der Waals surface area contributed by atoms with Gasteiger partial charge in [0.1, 0.15) is 11.5 Å². The van der Waals surface area contributed by atoms with Gasteiger partial charge >= 0.3 is 0 Å². The minimum Gasteiger partial charge on any atom is -0.347 e. The van der Waals surface area contributed by atoms with Crippen molar-refractivity contribution in [3.8, 4) is 0 Å². The van der Waals surface area contributed by atoms with Gasteiger partial charge < -0.3 is 14.0 Å². The molecule has 4 rings (SSSR count). The normalized spacial score (nSPS) is 22.1. The number of imidazole rings is 1. The van der Waals surface area contributed by atoms with Gasteiger partial charge in [-0.25, -0.2) is 4.98 Å². The lowest BCUT2D eigenvalue weighted by molar-refractivity contribution is 0.0593. The number of aryl methyl sites for hydroxylation is 2. The molecule has 1 amide bonds. The molecule has 122 valence electrons. The summed E-state index contributed by atoms with van der Waals surface area (Å²) in [5.74, 6) is 1.77. The minimum absolute atomic E-state index is 0.123. The van der Waals surface area contributed by atoms with Gasteiger partial charge in [0.15, 0.2) is 0 Å². The Kier molecular flexibility index (Phi) is 3.71. The number of nitrogens with zero attached hydrogens (tertiary/aromatic N) is 4.